The van der Waals surface area contributed by atoms with Crippen LogP contribution < -0.4 is 14.8 Å². The van der Waals surface area contributed by atoms with Gasteiger partial charge in [-0.2, -0.15) is 0 Å². The molecule has 31 heavy (non-hydrogen) atoms. The van der Waals surface area contributed by atoms with Gasteiger partial charge in [-0.15, -0.1) is 0 Å². The summed E-state index contributed by atoms with van der Waals surface area (Å²) < 4.78 is 10.9. The van der Waals surface area contributed by atoms with Crippen molar-refractivity contribution in [1.29, 1.82) is 0 Å². The largest absolute Gasteiger partial charge is 0.495 e. The third-order valence-corrected chi connectivity index (χ3v) is 5.00. The molecule has 0 aliphatic carbocycles. The second-order valence-corrected chi connectivity index (χ2v) is 7.27. The third kappa shape index (κ3) is 4.75. The number of hydrogen-bond acceptors (Lipinski definition) is 5. The van der Waals surface area contributed by atoms with Gasteiger partial charge in [-0.1, -0.05) is 23.7 Å². The van der Waals surface area contributed by atoms with E-state index in [1.54, 1.807) is 43.5 Å². The quantitative estimate of drug-likeness (QED) is 0.442. The van der Waals surface area contributed by atoms with Crippen molar-refractivity contribution in [3.63, 3.8) is 0 Å². The number of halogens is 1. The summed E-state index contributed by atoms with van der Waals surface area (Å²) >= 11 is 6.10. The van der Waals surface area contributed by atoms with Crippen LogP contribution in [-0.2, 0) is 4.79 Å². The monoisotopic (exact) mass is 433 g/mol. The second kappa shape index (κ2) is 9.02. The minimum Gasteiger partial charge on any atom is -0.495 e. The highest BCUT2D eigenvalue weighted by Crippen LogP contribution is 2.27. The molecule has 0 unspecified atom stereocenters. The van der Waals surface area contributed by atoms with Crippen LogP contribution in [0.1, 0.15) is 6.92 Å². The van der Waals surface area contributed by atoms with Crippen LogP contribution in [0.5, 0.6) is 11.5 Å². The fourth-order valence-electron chi connectivity index (χ4n) is 3.05. The summed E-state index contributed by atoms with van der Waals surface area (Å²) in [6, 6.07) is 20.2. The van der Waals surface area contributed by atoms with E-state index in [4.69, 9.17) is 21.1 Å². The zero-order valence-electron chi connectivity index (χ0n) is 17.0. The van der Waals surface area contributed by atoms with E-state index in [0.717, 1.165) is 22.3 Å². The molecule has 4 aromatic rings. The van der Waals surface area contributed by atoms with Gasteiger partial charge in [-0.25, -0.2) is 4.98 Å². The molecule has 1 amide bonds. The fourth-order valence-corrected chi connectivity index (χ4v) is 3.30. The maximum atomic E-state index is 12.5. The lowest BCUT2D eigenvalue weighted by Crippen LogP contribution is -2.30. The molecule has 0 bridgehead atoms. The molecule has 0 radical (unpaired) electrons. The summed E-state index contributed by atoms with van der Waals surface area (Å²) in [5, 5.41) is 3.20. The Kier molecular flexibility index (Phi) is 6.00. The minimum absolute atomic E-state index is 0.286. The van der Waals surface area contributed by atoms with E-state index in [1.807, 2.05) is 36.4 Å². The zero-order valence-corrected chi connectivity index (χ0v) is 17.8. The van der Waals surface area contributed by atoms with Gasteiger partial charge in [0.15, 0.2) is 6.10 Å². The Morgan fingerprint density at radius 3 is 2.48 bits per heavy atom. The first kappa shape index (κ1) is 20.6. The number of anilines is 1. The first-order valence-electron chi connectivity index (χ1n) is 9.67. The van der Waals surface area contributed by atoms with Crippen molar-refractivity contribution < 1.29 is 14.3 Å². The number of nitrogens with zero attached hydrogens (tertiary/aromatic N) is 2. The van der Waals surface area contributed by atoms with Crippen molar-refractivity contribution in [2.45, 2.75) is 13.0 Å². The summed E-state index contributed by atoms with van der Waals surface area (Å²) in [6.45, 7) is 1.68. The Hall–Kier alpha value is -3.64. The van der Waals surface area contributed by atoms with Gasteiger partial charge in [0.1, 0.15) is 11.5 Å². The fraction of sp³-hybridized carbons (Fsp3) is 0.125. The molecule has 0 fully saturated rings. The van der Waals surface area contributed by atoms with Crippen molar-refractivity contribution in [2.75, 3.05) is 12.4 Å². The molecule has 1 aromatic heterocycles. The number of hydrogen-bond donors (Lipinski definition) is 1. The van der Waals surface area contributed by atoms with Crippen molar-refractivity contribution in [2.24, 2.45) is 0 Å². The molecule has 1 atom stereocenters. The van der Waals surface area contributed by atoms with Gasteiger partial charge in [0.25, 0.3) is 5.91 Å². The number of carbonyl (C=O) groups excluding carboxylic acids is 1. The van der Waals surface area contributed by atoms with Gasteiger partial charge in [0, 0.05) is 11.3 Å². The normalized spacial score (nSPS) is 11.7. The first-order valence-corrected chi connectivity index (χ1v) is 10.0. The Bertz CT molecular complexity index is 1230. The molecule has 0 aliphatic rings. The van der Waals surface area contributed by atoms with Gasteiger partial charge >= 0.3 is 0 Å². The summed E-state index contributed by atoms with van der Waals surface area (Å²) in [6.07, 6.45) is 1.04. The number of fused-ring (bicyclic) bond motifs is 1. The van der Waals surface area contributed by atoms with E-state index in [-0.39, 0.29) is 5.91 Å². The van der Waals surface area contributed by atoms with Crippen LogP contribution in [-0.4, -0.2) is 29.1 Å². The molecular formula is C24H20ClN3O3. The molecule has 1 heterocycles. The standard InChI is InChI=1S/C24H20ClN3O3/c1-15(24(29)27-17-9-12-23(30-2)19(25)13-17)31-18-10-7-16(8-11-18)22-14-26-20-5-3-4-6-21(20)28-22/h3-15H,1-2H3,(H,27,29)/t15-/m1/s1. The highest BCUT2D eigenvalue weighted by molar-refractivity contribution is 6.32. The predicted molar refractivity (Wildman–Crippen MR) is 122 cm³/mol. The smallest absolute Gasteiger partial charge is 0.265 e. The average Bonchev–Trinajstić information content (AvgIpc) is 2.79. The number of ether oxygens (including phenoxy) is 2. The molecule has 4 rings (SSSR count). The number of para-hydroxylation sites is 2. The maximum absolute atomic E-state index is 12.5. The molecule has 0 spiro atoms. The highest BCUT2D eigenvalue weighted by Gasteiger charge is 2.16. The molecule has 0 saturated carbocycles. The average molecular weight is 434 g/mol. The topological polar surface area (TPSA) is 73.3 Å². The molecule has 6 nitrogen and oxygen atoms in total. The Labute approximate surface area is 184 Å². The minimum atomic E-state index is -0.702. The van der Waals surface area contributed by atoms with Gasteiger partial charge in [0.05, 0.1) is 35.1 Å². The van der Waals surface area contributed by atoms with Gasteiger partial charge in [-0.3, -0.25) is 9.78 Å². The van der Waals surface area contributed by atoms with Crippen molar-refractivity contribution >= 4 is 34.2 Å². The lowest BCUT2D eigenvalue weighted by Gasteiger charge is -2.15. The van der Waals surface area contributed by atoms with Crippen molar-refractivity contribution in [3.8, 4) is 22.8 Å². The van der Waals surface area contributed by atoms with E-state index < -0.39 is 6.10 Å². The van der Waals surface area contributed by atoms with Crippen LogP contribution in [0.25, 0.3) is 22.3 Å². The van der Waals surface area contributed by atoms with Crippen LogP contribution in [0, 0.1) is 0 Å². The van der Waals surface area contributed by atoms with Crippen LogP contribution in [0.4, 0.5) is 5.69 Å². The zero-order chi connectivity index (χ0) is 21.8. The van der Waals surface area contributed by atoms with E-state index in [2.05, 4.69) is 15.3 Å². The molecule has 7 heteroatoms. The summed E-state index contributed by atoms with van der Waals surface area (Å²) in [5.41, 5.74) is 3.94. The second-order valence-electron chi connectivity index (χ2n) is 6.87. The van der Waals surface area contributed by atoms with Crippen LogP contribution in [0.3, 0.4) is 0 Å². The third-order valence-electron chi connectivity index (χ3n) is 4.70. The number of rotatable bonds is 6. The van der Waals surface area contributed by atoms with Crippen molar-refractivity contribution in [3.05, 3.63) is 77.9 Å². The number of benzene rings is 3. The summed E-state index contributed by atoms with van der Waals surface area (Å²) in [7, 11) is 1.53. The number of nitrogens with one attached hydrogen (secondary N) is 1. The molecule has 3 aromatic carbocycles. The Morgan fingerprint density at radius 2 is 1.77 bits per heavy atom. The van der Waals surface area contributed by atoms with E-state index in [9.17, 15) is 4.79 Å². The van der Waals surface area contributed by atoms with E-state index in [1.165, 1.54) is 7.11 Å². The molecule has 1 N–H and O–H groups in total. The van der Waals surface area contributed by atoms with E-state index in [0.29, 0.717) is 22.2 Å². The maximum Gasteiger partial charge on any atom is 0.265 e. The van der Waals surface area contributed by atoms with Crippen LogP contribution in [0.15, 0.2) is 72.9 Å². The lowest BCUT2D eigenvalue weighted by molar-refractivity contribution is -0.122. The number of amides is 1. The summed E-state index contributed by atoms with van der Waals surface area (Å²) in [5.74, 6) is 0.832. The Balaban J connectivity index is 1.41. The molecular weight excluding hydrogens is 414 g/mol. The number of aromatic nitrogens is 2. The van der Waals surface area contributed by atoms with E-state index >= 15 is 0 Å². The van der Waals surface area contributed by atoms with Crippen LogP contribution in [0.2, 0.25) is 5.02 Å². The number of methoxy groups -OCH3 is 1. The van der Waals surface area contributed by atoms with Gasteiger partial charge < -0.3 is 14.8 Å². The van der Waals surface area contributed by atoms with Gasteiger partial charge in [0.2, 0.25) is 0 Å². The van der Waals surface area contributed by atoms with Crippen LogP contribution >= 0.6 is 11.6 Å². The SMILES string of the molecule is COc1ccc(NC(=O)[C@@H](C)Oc2ccc(-c3cnc4ccccc4n3)cc2)cc1Cl. The summed E-state index contributed by atoms with van der Waals surface area (Å²) in [4.78, 5) is 21.6. The van der Waals surface area contributed by atoms with Gasteiger partial charge in [-0.05, 0) is 61.5 Å². The Morgan fingerprint density at radius 1 is 1.03 bits per heavy atom. The molecule has 0 aliphatic heterocycles. The molecule has 156 valence electrons. The number of carbonyl (C=O) groups is 1. The predicted octanol–water partition coefficient (Wildman–Crippen LogP) is 5.36. The molecule has 0 saturated heterocycles. The first-order chi connectivity index (χ1) is 15.0. The lowest BCUT2D eigenvalue weighted by atomic mass is 10.1. The van der Waals surface area contributed by atoms with Crippen molar-refractivity contribution in [1.82, 2.24) is 9.97 Å². The highest BCUT2D eigenvalue weighted by atomic mass is 35.5.